The first-order valence-electron chi connectivity index (χ1n) is 8.79. The third kappa shape index (κ3) is 4.95. The highest BCUT2D eigenvalue weighted by molar-refractivity contribution is 5.90. The molecule has 0 bridgehead atoms. The van der Waals surface area contributed by atoms with Crippen LogP contribution in [0.5, 0.6) is 5.75 Å². The Morgan fingerprint density at radius 2 is 2.08 bits per heavy atom. The second kappa shape index (κ2) is 9.54. The zero-order chi connectivity index (χ0) is 17.6. The summed E-state index contributed by atoms with van der Waals surface area (Å²) in [6.07, 6.45) is 2.91. The van der Waals surface area contributed by atoms with E-state index in [1.54, 1.807) is 11.7 Å². The minimum Gasteiger partial charge on any atom is -0.483 e. The molecule has 1 fully saturated rings. The highest BCUT2D eigenvalue weighted by Gasteiger charge is 2.21. The number of nitrogens with zero attached hydrogens (tertiary/aromatic N) is 3. The van der Waals surface area contributed by atoms with Crippen LogP contribution in [0, 0.1) is 0 Å². The Morgan fingerprint density at radius 1 is 1.35 bits per heavy atom. The number of amides is 1. The maximum atomic E-state index is 12.2. The fourth-order valence-corrected chi connectivity index (χ4v) is 3.01. The third-order valence-electron chi connectivity index (χ3n) is 4.45. The van der Waals surface area contributed by atoms with Crippen molar-refractivity contribution in [1.82, 2.24) is 20.1 Å². The van der Waals surface area contributed by atoms with Crippen LogP contribution in [0.1, 0.15) is 37.1 Å². The zero-order valence-corrected chi connectivity index (χ0v) is 16.0. The van der Waals surface area contributed by atoms with Crippen molar-refractivity contribution < 1.29 is 9.53 Å². The number of hydrogen-bond acceptors (Lipinski definition) is 5. The van der Waals surface area contributed by atoms with Gasteiger partial charge in [-0.25, -0.2) is 4.68 Å². The van der Waals surface area contributed by atoms with Crippen molar-refractivity contribution in [1.29, 1.82) is 0 Å². The second-order valence-corrected chi connectivity index (χ2v) is 6.24. The molecule has 0 atom stereocenters. The molecule has 2 heterocycles. The molecule has 0 spiro atoms. The van der Waals surface area contributed by atoms with E-state index >= 15 is 0 Å². The number of ether oxygens (including phenoxy) is 1. The number of para-hydroxylation sites is 1. The summed E-state index contributed by atoms with van der Waals surface area (Å²) >= 11 is 0. The van der Waals surface area contributed by atoms with Gasteiger partial charge in [-0.05, 0) is 44.0 Å². The molecule has 1 aliphatic rings. The van der Waals surface area contributed by atoms with E-state index in [-0.39, 0.29) is 24.9 Å². The fraction of sp³-hybridized carbons (Fsp3) is 0.500. The van der Waals surface area contributed by atoms with Crippen LogP contribution >= 0.6 is 12.4 Å². The second-order valence-electron chi connectivity index (χ2n) is 6.24. The number of rotatable bonds is 6. The Kier molecular flexibility index (Phi) is 7.41. The van der Waals surface area contributed by atoms with Crippen LogP contribution in [0.4, 0.5) is 5.95 Å². The van der Waals surface area contributed by atoms with Gasteiger partial charge in [0.2, 0.25) is 5.95 Å². The normalized spacial score (nSPS) is 14.5. The van der Waals surface area contributed by atoms with Gasteiger partial charge in [0.1, 0.15) is 5.75 Å². The average Bonchev–Trinajstić information content (AvgIpc) is 3.01. The minimum absolute atomic E-state index is 0. The van der Waals surface area contributed by atoms with E-state index in [1.807, 2.05) is 24.3 Å². The molecule has 1 aliphatic heterocycles. The number of aryl methyl sites for hydroxylation is 2. The zero-order valence-electron chi connectivity index (χ0n) is 15.2. The van der Waals surface area contributed by atoms with Gasteiger partial charge in [-0.15, -0.1) is 12.4 Å². The minimum atomic E-state index is -0.238. The standard InChI is InChI=1S/C18H25N5O2.ClH/c1-3-13-6-4-5-7-15(13)25-12-16(24)20-18-21-17(22-23(18)2)14-8-10-19-11-9-14;/h4-7,14,19H,3,8-12H2,1-2H3,(H,20,21,22,24);1H. The van der Waals surface area contributed by atoms with Crippen LogP contribution in [-0.2, 0) is 18.3 Å². The molecule has 8 heteroatoms. The molecule has 2 aromatic rings. The molecule has 7 nitrogen and oxygen atoms in total. The quantitative estimate of drug-likeness (QED) is 0.804. The Hall–Kier alpha value is -2.12. The SMILES string of the molecule is CCc1ccccc1OCC(=O)Nc1nc(C2CCNCC2)nn1C.Cl. The van der Waals surface area contributed by atoms with Crippen molar-refractivity contribution in [3.63, 3.8) is 0 Å². The molecule has 26 heavy (non-hydrogen) atoms. The largest absolute Gasteiger partial charge is 0.483 e. The van der Waals surface area contributed by atoms with Gasteiger partial charge in [-0.3, -0.25) is 10.1 Å². The van der Waals surface area contributed by atoms with Crippen LogP contribution in [0.15, 0.2) is 24.3 Å². The lowest BCUT2D eigenvalue weighted by molar-refractivity contribution is -0.118. The summed E-state index contributed by atoms with van der Waals surface area (Å²) < 4.78 is 7.27. The summed E-state index contributed by atoms with van der Waals surface area (Å²) in [6, 6.07) is 7.75. The predicted octanol–water partition coefficient (Wildman–Crippen LogP) is 2.28. The molecule has 2 N–H and O–H groups in total. The van der Waals surface area contributed by atoms with Crippen LogP contribution < -0.4 is 15.4 Å². The Balaban J connectivity index is 0.00000243. The van der Waals surface area contributed by atoms with Gasteiger partial charge in [0.05, 0.1) is 0 Å². The number of piperidine rings is 1. The number of halogens is 1. The summed E-state index contributed by atoms with van der Waals surface area (Å²) in [4.78, 5) is 16.7. The predicted molar refractivity (Wildman–Crippen MR) is 103 cm³/mol. The maximum absolute atomic E-state index is 12.2. The molecule has 1 aromatic heterocycles. The van der Waals surface area contributed by atoms with Gasteiger partial charge in [-0.1, -0.05) is 25.1 Å². The van der Waals surface area contributed by atoms with E-state index in [0.29, 0.717) is 11.9 Å². The Morgan fingerprint density at radius 3 is 2.81 bits per heavy atom. The van der Waals surface area contributed by atoms with E-state index in [0.717, 1.165) is 49.5 Å². The summed E-state index contributed by atoms with van der Waals surface area (Å²) in [5, 5.41) is 10.6. The lowest BCUT2D eigenvalue weighted by atomic mass is 9.98. The first kappa shape index (κ1) is 20.2. The lowest BCUT2D eigenvalue weighted by Crippen LogP contribution is -2.27. The lowest BCUT2D eigenvalue weighted by Gasteiger charge is -2.19. The topological polar surface area (TPSA) is 81.1 Å². The summed E-state index contributed by atoms with van der Waals surface area (Å²) in [5.74, 6) is 2.13. The number of hydrogen-bond donors (Lipinski definition) is 2. The van der Waals surface area contributed by atoms with Crippen molar-refractivity contribution in [2.45, 2.75) is 32.1 Å². The molecule has 0 unspecified atom stereocenters. The molecule has 1 amide bonds. The van der Waals surface area contributed by atoms with Crippen LogP contribution in [0.25, 0.3) is 0 Å². The molecular formula is C18H26ClN5O2. The Labute approximate surface area is 159 Å². The van der Waals surface area contributed by atoms with Crippen LogP contribution in [-0.4, -0.2) is 40.4 Å². The first-order chi connectivity index (χ1) is 12.2. The number of anilines is 1. The number of benzene rings is 1. The Bertz CT molecular complexity index is 728. The molecule has 142 valence electrons. The highest BCUT2D eigenvalue weighted by atomic mass is 35.5. The van der Waals surface area contributed by atoms with Crippen molar-refractivity contribution in [2.24, 2.45) is 7.05 Å². The number of nitrogens with one attached hydrogen (secondary N) is 2. The van der Waals surface area contributed by atoms with Crippen molar-refractivity contribution in [2.75, 3.05) is 25.0 Å². The first-order valence-corrected chi connectivity index (χ1v) is 8.79. The van der Waals surface area contributed by atoms with Gasteiger partial charge in [0, 0.05) is 13.0 Å². The van der Waals surface area contributed by atoms with Crippen molar-refractivity contribution in [3.8, 4) is 5.75 Å². The van der Waals surface area contributed by atoms with Crippen LogP contribution in [0.2, 0.25) is 0 Å². The number of carbonyl (C=O) groups is 1. The van der Waals surface area contributed by atoms with Gasteiger partial charge in [0.25, 0.3) is 5.91 Å². The van der Waals surface area contributed by atoms with Gasteiger partial charge < -0.3 is 10.1 Å². The molecule has 0 radical (unpaired) electrons. The molecule has 0 aliphatic carbocycles. The highest BCUT2D eigenvalue weighted by Crippen LogP contribution is 2.23. The number of aromatic nitrogens is 3. The van der Waals surface area contributed by atoms with Gasteiger partial charge in [-0.2, -0.15) is 10.1 Å². The van der Waals surface area contributed by atoms with E-state index in [1.165, 1.54) is 0 Å². The van der Waals surface area contributed by atoms with Crippen molar-refractivity contribution >= 4 is 24.3 Å². The average molecular weight is 380 g/mol. The van der Waals surface area contributed by atoms with E-state index < -0.39 is 0 Å². The smallest absolute Gasteiger partial charge is 0.264 e. The number of carbonyl (C=O) groups excluding carboxylic acids is 1. The van der Waals surface area contributed by atoms with E-state index in [2.05, 4.69) is 27.6 Å². The molecule has 1 aromatic carbocycles. The van der Waals surface area contributed by atoms with E-state index in [4.69, 9.17) is 4.74 Å². The summed E-state index contributed by atoms with van der Waals surface area (Å²) in [5.41, 5.74) is 1.09. The third-order valence-corrected chi connectivity index (χ3v) is 4.45. The van der Waals surface area contributed by atoms with Gasteiger partial charge in [0.15, 0.2) is 12.4 Å². The van der Waals surface area contributed by atoms with E-state index in [9.17, 15) is 4.79 Å². The monoisotopic (exact) mass is 379 g/mol. The fourth-order valence-electron chi connectivity index (χ4n) is 3.01. The van der Waals surface area contributed by atoms with Crippen LogP contribution in [0.3, 0.4) is 0 Å². The maximum Gasteiger partial charge on any atom is 0.264 e. The van der Waals surface area contributed by atoms with Gasteiger partial charge >= 0.3 is 0 Å². The summed E-state index contributed by atoms with van der Waals surface area (Å²) in [6.45, 7) is 3.97. The molecular weight excluding hydrogens is 354 g/mol. The summed E-state index contributed by atoms with van der Waals surface area (Å²) in [7, 11) is 1.79. The molecule has 1 saturated heterocycles. The molecule has 0 saturated carbocycles. The van der Waals surface area contributed by atoms with Crippen molar-refractivity contribution in [3.05, 3.63) is 35.7 Å². The molecule has 3 rings (SSSR count).